The highest BCUT2D eigenvalue weighted by Crippen LogP contribution is 2.21. The van der Waals surface area contributed by atoms with Crippen LogP contribution in [-0.2, 0) is 14.8 Å². The van der Waals surface area contributed by atoms with E-state index in [1.54, 1.807) is 35.2 Å². The van der Waals surface area contributed by atoms with Crippen LogP contribution in [0.5, 0.6) is 5.75 Å². The molecule has 1 atom stereocenters. The maximum absolute atomic E-state index is 13.9. The van der Waals surface area contributed by atoms with Gasteiger partial charge in [0.1, 0.15) is 11.6 Å². The minimum absolute atomic E-state index is 0.0577. The minimum Gasteiger partial charge on any atom is -0.497 e. The Kier molecular flexibility index (Phi) is 6.39. The zero-order valence-electron chi connectivity index (χ0n) is 16.3. The first-order chi connectivity index (χ1) is 13.8. The van der Waals surface area contributed by atoms with Crippen molar-refractivity contribution >= 4 is 21.6 Å². The van der Waals surface area contributed by atoms with E-state index in [-0.39, 0.29) is 16.6 Å². The van der Waals surface area contributed by atoms with E-state index in [1.807, 2.05) is 4.90 Å². The van der Waals surface area contributed by atoms with E-state index in [1.165, 1.54) is 32.2 Å². The average Bonchev–Trinajstić information content (AvgIpc) is 2.73. The highest BCUT2D eigenvalue weighted by molar-refractivity contribution is 7.89. The molecule has 1 fully saturated rings. The summed E-state index contributed by atoms with van der Waals surface area (Å²) in [5.41, 5.74) is 0.507. The number of ether oxygens (including phenoxy) is 1. The number of anilines is 1. The number of piperazine rings is 1. The molecule has 2 aromatic rings. The van der Waals surface area contributed by atoms with Gasteiger partial charge in [-0.05, 0) is 43.3 Å². The number of carbonyl (C=O) groups is 1. The van der Waals surface area contributed by atoms with Gasteiger partial charge in [0.2, 0.25) is 15.9 Å². The molecular weight excluding hydrogens is 397 g/mol. The molecule has 1 amide bonds. The van der Waals surface area contributed by atoms with E-state index in [9.17, 15) is 17.6 Å². The Morgan fingerprint density at radius 1 is 1.07 bits per heavy atom. The van der Waals surface area contributed by atoms with Crippen LogP contribution in [0.4, 0.5) is 10.1 Å². The van der Waals surface area contributed by atoms with Crippen LogP contribution < -0.4 is 14.4 Å². The molecule has 0 saturated carbocycles. The van der Waals surface area contributed by atoms with Crippen LogP contribution in [0.25, 0.3) is 0 Å². The highest BCUT2D eigenvalue weighted by Gasteiger charge is 2.28. The number of hydrogen-bond donors (Lipinski definition) is 1. The predicted molar refractivity (Wildman–Crippen MR) is 108 cm³/mol. The van der Waals surface area contributed by atoms with Crippen molar-refractivity contribution in [3.05, 3.63) is 54.3 Å². The van der Waals surface area contributed by atoms with Gasteiger partial charge in [-0.1, -0.05) is 12.1 Å². The monoisotopic (exact) mass is 421 g/mol. The number of methoxy groups -OCH3 is 1. The summed E-state index contributed by atoms with van der Waals surface area (Å²) in [7, 11) is -2.35. The summed E-state index contributed by atoms with van der Waals surface area (Å²) in [6.45, 7) is 3.26. The minimum atomic E-state index is -3.84. The third-order valence-corrected chi connectivity index (χ3v) is 6.41. The summed E-state index contributed by atoms with van der Waals surface area (Å²) in [4.78, 5) is 16.2. The molecule has 0 spiro atoms. The van der Waals surface area contributed by atoms with E-state index in [0.29, 0.717) is 37.6 Å². The van der Waals surface area contributed by atoms with Gasteiger partial charge in [-0.15, -0.1) is 0 Å². The van der Waals surface area contributed by atoms with Crippen molar-refractivity contribution in [2.45, 2.75) is 17.9 Å². The third-order valence-electron chi connectivity index (χ3n) is 4.86. The van der Waals surface area contributed by atoms with Gasteiger partial charge in [-0.3, -0.25) is 4.79 Å². The number of carbonyl (C=O) groups excluding carboxylic acids is 1. The molecule has 1 aliphatic heterocycles. The van der Waals surface area contributed by atoms with Crippen LogP contribution in [0.15, 0.2) is 53.4 Å². The second-order valence-corrected chi connectivity index (χ2v) is 8.50. The van der Waals surface area contributed by atoms with Gasteiger partial charge in [0.25, 0.3) is 0 Å². The number of rotatable bonds is 6. The Balaban J connectivity index is 1.59. The maximum atomic E-state index is 13.9. The normalized spacial score (nSPS) is 15.8. The Bertz CT molecular complexity index is 958. The topological polar surface area (TPSA) is 78.9 Å². The lowest BCUT2D eigenvalue weighted by molar-refractivity contribution is -0.132. The van der Waals surface area contributed by atoms with Gasteiger partial charge in [0, 0.05) is 26.2 Å². The van der Waals surface area contributed by atoms with E-state index in [4.69, 9.17) is 4.74 Å². The van der Waals surface area contributed by atoms with Gasteiger partial charge < -0.3 is 14.5 Å². The zero-order chi connectivity index (χ0) is 21.0. The SMILES string of the molecule is COc1ccc(S(=O)(=O)N[C@H](C)C(=O)N2CCN(c3ccccc3F)CC2)cc1. The quantitative estimate of drug-likeness (QED) is 0.770. The Labute approximate surface area is 170 Å². The van der Waals surface area contributed by atoms with Crippen molar-refractivity contribution in [3.63, 3.8) is 0 Å². The molecule has 2 aromatic carbocycles. The van der Waals surface area contributed by atoms with E-state index in [2.05, 4.69) is 4.72 Å². The summed E-state index contributed by atoms with van der Waals surface area (Å²) in [5, 5.41) is 0. The molecular formula is C20H24FN3O4S. The molecule has 1 N–H and O–H groups in total. The summed E-state index contributed by atoms with van der Waals surface area (Å²) in [5.74, 6) is -0.0658. The molecule has 0 aromatic heterocycles. The fraction of sp³-hybridized carbons (Fsp3) is 0.350. The van der Waals surface area contributed by atoms with Crippen LogP contribution in [0.1, 0.15) is 6.92 Å². The number of benzene rings is 2. The number of sulfonamides is 1. The molecule has 9 heteroatoms. The van der Waals surface area contributed by atoms with Crippen molar-refractivity contribution in [3.8, 4) is 5.75 Å². The number of nitrogens with zero attached hydrogens (tertiary/aromatic N) is 2. The fourth-order valence-corrected chi connectivity index (χ4v) is 4.45. The standard InChI is InChI=1S/C20H24FN3O4S/c1-15(22-29(26,27)17-9-7-16(28-2)8-10-17)20(25)24-13-11-23(12-14-24)19-6-4-3-5-18(19)21/h3-10,15,22H,11-14H2,1-2H3/t15-/m1/s1. The molecule has 156 valence electrons. The summed E-state index contributed by atoms with van der Waals surface area (Å²) >= 11 is 0. The number of hydrogen-bond acceptors (Lipinski definition) is 5. The fourth-order valence-electron chi connectivity index (χ4n) is 3.26. The van der Waals surface area contributed by atoms with Crippen molar-refractivity contribution in [1.29, 1.82) is 0 Å². The van der Waals surface area contributed by atoms with Crippen molar-refractivity contribution < 1.29 is 22.3 Å². The van der Waals surface area contributed by atoms with Gasteiger partial charge in [-0.25, -0.2) is 12.8 Å². The predicted octanol–water partition coefficient (Wildman–Crippen LogP) is 1.85. The Morgan fingerprint density at radius 3 is 2.28 bits per heavy atom. The third kappa shape index (κ3) is 4.86. The maximum Gasteiger partial charge on any atom is 0.241 e. The molecule has 3 rings (SSSR count). The van der Waals surface area contributed by atoms with E-state index in [0.717, 1.165) is 0 Å². The molecule has 0 unspecified atom stereocenters. The first-order valence-electron chi connectivity index (χ1n) is 9.26. The molecule has 1 aliphatic rings. The van der Waals surface area contributed by atoms with Crippen LogP contribution in [-0.4, -0.2) is 58.6 Å². The van der Waals surface area contributed by atoms with Gasteiger partial charge in [-0.2, -0.15) is 4.72 Å². The van der Waals surface area contributed by atoms with Crippen LogP contribution in [0.2, 0.25) is 0 Å². The highest BCUT2D eigenvalue weighted by atomic mass is 32.2. The van der Waals surface area contributed by atoms with Crippen LogP contribution in [0.3, 0.4) is 0 Å². The lowest BCUT2D eigenvalue weighted by Crippen LogP contribution is -2.54. The zero-order valence-corrected chi connectivity index (χ0v) is 17.2. The molecule has 29 heavy (non-hydrogen) atoms. The molecule has 0 aliphatic carbocycles. The summed E-state index contributed by atoms with van der Waals surface area (Å²) in [6, 6.07) is 11.5. The average molecular weight is 421 g/mol. The Hall–Kier alpha value is -2.65. The second kappa shape index (κ2) is 8.79. The lowest BCUT2D eigenvalue weighted by atomic mass is 10.2. The van der Waals surface area contributed by atoms with Gasteiger partial charge in [0.05, 0.1) is 23.7 Å². The summed E-state index contributed by atoms with van der Waals surface area (Å²) in [6.07, 6.45) is 0. The molecule has 1 saturated heterocycles. The molecule has 0 radical (unpaired) electrons. The molecule has 7 nitrogen and oxygen atoms in total. The van der Waals surface area contributed by atoms with Crippen molar-refractivity contribution in [2.24, 2.45) is 0 Å². The van der Waals surface area contributed by atoms with Crippen LogP contribution >= 0.6 is 0 Å². The van der Waals surface area contributed by atoms with Gasteiger partial charge in [0.15, 0.2) is 0 Å². The summed E-state index contributed by atoms with van der Waals surface area (Å²) < 4.78 is 46.5. The molecule has 0 bridgehead atoms. The molecule has 1 heterocycles. The number of para-hydroxylation sites is 1. The van der Waals surface area contributed by atoms with Gasteiger partial charge >= 0.3 is 0 Å². The Morgan fingerprint density at radius 2 is 1.69 bits per heavy atom. The largest absolute Gasteiger partial charge is 0.497 e. The lowest BCUT2D eigenvalue weighted by Gasteiger charge is -2.37. The smallest absolute Gasteiger partial charge is 0.241 e. The first-order valence-corrected chi connectivity index (χ1v) is 10.7. The number of amides is 1. The number of halogens is 1. The van der Waals surface area contributed by atoms with E-state index < -0.39 is 16.1 Å². The second-order valence-electron chi connectivity index (χ2n) is 6.78. The van der Waals surface area contributed by atoms with Crippen molar-refractivity contribution in [2.75, 3.05) is 38.2 Å². The van der Waals surface area contributed by atoms with E-state index >= 15 is 0 Å². The van der Waals surface area contributed by atoms with Crippen molar-refractivity contribution in [1.82, 2.24) is 9.62 Å². The van der Waals surface area contributed by atoms with Crippen LogP contribution in [0, 0.1) is 5.82 Å². The number of nitrogens with one attached hydrogen (secondary N) is 1. The first kappa shape index (κ1) is 21.1.